The lowest BCUT2D eigenvalue weighted by molar-refractivity contribution is 0.646. The van der Waals surface area contributed by atoms with Crippen LogP contribution in [-0.2, 0) is 10.8 Å². The van der Waals surface area contributed by atoms with Gasteiger partial charge in [0.05, 0.1) is 11.2 Å². The summed E-state index contributed by atoms with van der Waals surface area (Å²) in [6.45, 7) is 9.44. The second-order valence-corrected chi connectivity index (χ2v) is 15.3. The molecule has 3 nitrogen and oxygen atoms in total. The van der Waals surface area contributed by atoms with Crippen molar-refractivity contribution >= 4 is 28.0 Å². The maximum Gasteiger partial charge on any atom is 0.0538 e. The molecule has 0 N–H and O–H groups in total. The Labute approximate surface area is 305 Å². The van der Waals surface area contributed by atoms with Crippen molar-refractivity contribution < 1.29 is 0 Å². The molecule has 0 fully saturated rings. The number of pyridine rings is 1. The van der Waals surface area contributed by atoms with Crippen molar-refractivity contribution in [2.45, 2.75) is 38.5 Å². The van der Waals surface area contributed by atoms with Gasteiger partial charge in [-0.15, -0.1) is 0 Å². The van der Waals surface area contributed by atoms with Gasteiger partial charge in [-0.05, 0) is 99.1 Å². The van der Waals surface area contributed by atoms with Crippen LogP contribution in [0.15, 0.2) is 164 Å². The maximum absolute atomic E-state index is 4.36. The van der Waals surface area contributed by atoms with E-state index in [1.54, 1.807) is 0 Å². The van der Waals surface area contributed by atoms with Gasteiger partial charge >= 0.3 is 0 Å². The van der Waals surface area contributed by atoms with E-state index in [1.807, 2.05) is 18.5 Å². The lowest BCUT2D eigenvalue weighted by Crippen LogP contribution is -2.17. The number of fused-ring (bicyclic) bond motifs is 8. The number of aromatic nitrogens is 2. The number of nitrogens with zero attached hydrogens (tertiary/aromatic N) is 3. The summed E-state index contributed by atoms with van der Waals surface area (Å²) < 4.78 is 2.49. The molecular formula is C49H39N3. The highest BCUT2D eigenvalue weighted by Crippen LogP contribution is 2.53. The van der Waals surface area contributed by atoms with Crippen LogP contribution in [0, 0.1) is 0 Å². The fourth-order valence-corrected chi connectivity index (χ4v) is 9.09. The summed E-state index contributed by atoms with van der Waals surface area (Å²) in [5.41, 5.74) is 18.6. The third-order valence-electron chi connectivity index (χ3n) is 11.6. The van der Waals surface area contributed by atoms with Crippen LogP contribution >= 0.6 is 0 Å². The predicted octanol–water partition coefficient (Wildman–Crippen LogP) is 12.8. The number of hydrogen-bond donors (Lipinski definition) is 0. The van der Waals surface area contributed by atoms with Gasteiger partial charge in [0.2, 0.25) is 0 Å². The van der Waals surface area contributed by atoms with Crippen molar-refractivity contribution in [2.24, 2.45) is 0 Å². The van der Waals surface area contributed by atoms with Crippen LogP contribution in [0.1, 0.15) is 50.1 Å². The van der Waals surface area contributed by atoms with E-state index in [0.29, 0.717) is 0 Å². The van der Waals surface area contributed by atoms with Gasteiger partial charge in [-0.2, -0.15) is 0 Å². The molecule has 250 valence electrons. The van der Waals surface area contributed by atoms with Crippen molar-refractivity contribution in [1.29, 1.82) is 0 Å². The van der Waals surface area contributed by atoms with Crippen LogP contribution in [0.2, 0.25) is 0 Å². The largest absolute Gasteiger partial charge is 0.312 e. The second-order valence-electron chi connectivity index (χ2n) is 15.3. The van der Waals surface area contributed by atoms with E-state index >= 15 is 0 Å². The normalized spacial score (nSPS) is 14.5. The number of hydrogen-bond acceptors (Lipinski definition) is 2. The van der Waals surface area contributed by atoms with Gasteiger partial charge in [0.15, 0.2) is 0 Å². The van der Waals surface area contributed by atoms with E-state index in [-0.39, 0.29) is 10.8 Å². The number of rotatable bonds is 5. The first-order valence-corrected chi connectivity index (χ1v) is 18.2. The van der Waals surface area contributed by atoms with Crippen LogP contribution in [-0.4, -0.2) is 9.55 Å². The molecule has 52 heavy (non-hydrogen) atoms. The Balaban J connectivity index is 1.12. The highest BCUT2D eigenvalue weighted by atomic mass is 15.1. The summed E-state index contributed by atoms with van der Waals surface area (Å²) in [7, 11) is 0. The molecule has 8 aromatic rings. The van der Waals surface area contributed by atoms with Gasteiger partial charge in [-0.25, -0.2) is 0 Å². The van der Waals surface area contributed by atoms with Gasteiger partial charge in [-0.1, -0.05) is 125 Å². The van der Waals surface area contributed by atoms with Crippen molar-refractivity contribution in [1.82, 2.24) is 9.55 Å². The Morgan fingerprint density at radius 2 is 1.13 bits per heavy atom. The molecule has 0 radical (unpaired) electrons. The lowest BCUT2D eigenvalue weighted by Gasteiger charge is -2.28. The van der Waals surface area contributed by atoms with E-state index in [9.17, 15) is 0 Å². The first kappa shape index (κ1) is 30.6. The second kappa shape index (κ2) is 11.2. The maximum atomic E-state index is 4.36. The molecule has 0 atom stereocenters. The summed E-state index contributed by atoms with van der Waals surface area (Å²) in [4.78, 5) is 6.76. The van der Waals surface area contributed by atoms with E-state index in [4.69, 9.17) is 0 Å². The van der Waals surface area contributed by atoms with Gasteiger partial charge in [0, 0.05) is 56.9 Å². The van der Waals surface area contributed by atoms with Gasteiger partial charge < -0.3 is 9.47 Å². The molecule has 0 bridgehead atoms. The summed E-state index contributed by atoms with van der Waals surface area (Å²) in [6, 6.07) is 55.8. The quantitative estimate of drug-likeness (QED) is 0.182. The molecule has 2 aliphatic rings. The molecule has 10 rings (SSSR count). The highest BCUT2D eigenvalue weighted by molar-refractivity contribution is 6.01. The molecule has 1 aliphatic heterocycles. The van der Waals surface area contributed by atoms with Crippen LogP contribution < -0.4 is 4.90 Å². The van der Waals surface area contributed by atoms with E-state index < -0.39 is 0 Å². The fourth-order valence-electron chi connectivity index (χ4n) is 9.09. The Kier molecular flexibility index (Phi) is 6.57. The molecule has 0 saturated heterocycles. The van der Waals surface area contributed by atoms with Crippen molar-refractivity contribution in [2.75, 3.05) is 4.90 Å². The van der Waals surface area contributed by atoms with Crippen LogP contribution in [0.3, 0.4) is 0 Å². The zero-order valence-electron chi connectivity index (χ0n) is 29.9. The topological polar surface area (TPSA) is 21.1 Å². The summed E-state index contributed by atoms with van der Waals surface area (Å²) in [5.74, 6) is 0. The van der Waals surface area contributed by atoms with E-state index in [1.165, 1.54) is 61.2 Å². The molecule has 0 saturated carbocycles. The van der Waals surface area contributed by atoms with Crippen molar-refractivity contribution in [3.63, 3.8) is 0 Å². The summed E-state index contributed by atoms with van der Waals surface area (Å²) in [6.07, 6.45) is 3.75. The minimum absolute atomic E-state index is 0.0943. The highest BCUT2D eigenvalue weighted by Gasteiger charge is 2.40. The minimum atomic E-state index is -0.138. The average Bonchev–Trinajstić information content (AvgIpc) is 3.74. The van der Waals surface area contributed by atoms with Crippen LogP contribution in [0.4, 0.5) is 17.1 Å². The van der Waals surface area contributed by atoms with E-state index in [0.717, 1.165) is 28.2 Å². The Morgan fingerprint density at radius 3 is 1.88 bits per heavy atom. The summed E-state index contributed by atoms with van der Waals surface area (Å²) in [5, 5.41) is 1.29. The lowest BCUT2D eigenvalue weighted by atomic mass is 9.80. The Hall–Kier alpha value is -6.19. The zero-order chi connectivity index (χ0) is 35.2. The summed E-state index contributed by atoms with van der Waals surface area (Å²) >= 11 is 0. The average molecular weight is 670 g/mol. The molecule has 3 heterocycles. The molecule has 1 aliphatic carbocycles. The first-order chi connectivity index (χ1) is 25.3. The molecule has 0 unspecified atom stereocenters. The van der Waals surface area contributed by atoms with E-state index in [2.05, 4.69) is 188 Å². The minimum Gasteiger partial charge on any atom is -0.312 e. The first-order valence-electron chi connectivity index (χ1n) is 18.2. The zero-order valence-corrected chi connectivity index (χ0v) is 29.9. The molecule has 3 heteroatoms. The monoisotopic (exact) mass is 669 g/mol. The smallest absolute Gasteiger partial charge is 0.0538 e. The number of para-hydroxylation sites is 2. The Morgan fingerprint density at radius 1 is 0.500 bits per heavy atom. The molecule has 0 amide bonds. The number of benzene rings is 6. The van der Waals surface area contributed by atoms with Gasteiger partial charge in [0.25, 0.3) is 0 Å². The molecular weight excluding hydrogens is 631 g/mol. The predicted molar refractivity (Wildman–Crippen MR) is 216 cm³/mol. The van der Waals surface area contributed by atoms with Crippen LogP contribution in [0.5, 0.6) is 0 Å². The molecule has 6 aromatic carbocycles. The standard InChI is InChI=1S/C49H39N3/c1-48(2)41-15-7-5-13-38(41)39-28-27-37(30-43(39)48)51(35-23-19-32(20-24-35)34-12-11-29-50-31-34)36-25-21-33(22-26-36)46-40-14-6-9-17-44(40)52-45-18-10-8-16-42(45)49(3,4)47(46)52/h5-31H,1-4H3. The van der Waals surface area contributed by atoms with Crippen LogP contribution in [0.25, 0.3) is 50.0 Å². The Bertz CT molecular complexity index is 2660. The third kappa shape index (κ3) is 4.35. The van der Waals surface area contributed by atoms with Crippen molar-refractivity contribution in [3.8, 4) is 39.1 Å². The van der Waals surface area contributed by atoms with Crippen molar-refractivity contribution in [3.05, 3.63) is 186 Å². The SMILES string of the molecule is CC1(C)c2ccccc2-c2ccc(N(c3ccc(-c4cccnc4)cc3)c3ccc(-c4c5n(c6ccccc46)-c4ccccc4C5(C)C)cc3)cc21. The van der Waals surface area contributed by atoms with Gasteiger partial charge in [0.1, 0.15) is 0 Å². The van der Waals surface area contributed by atoms with Gasteiger partial charge in [-0.3, -0.25) is 4.98 Å². The third-order valence-corrected chi connectivity index (χ3v) is 11.6. The molecule has 0 spiro atoms. The fraction of sp³-hybridized carbons (Fsp3) is 0.122. The molecule has 2 aromatic heterocycles. The number of anilines is 3.